The standard InChI is InChI=1S/C29H35FN8O2/c1-36-12-14-37(15-13-36)22-9-5-8-21(16-22)32-29-31-17-23(30)27(35-29)33-25-11-10-24-28(34-25)38(26(39)19-40-24)18-20-6-3-2-4-7-20/h5,8-11,16-17,20H,2-4,6-7,12-15,18-19H2,1H3,(H2,31,32,33,34,35). The highest BCUT2D eigenvalue weighted by atomic mass is 19.1. The average Bonchev–Trinajstić information content (AvgIpc) is 2.97. The van der Waals surface area contributed by atoms with Gasteiger partial charge in [0, 0.05) is 44.1 Å². The molecule has 6 rings (SSSR count). The molecule has 4 heterocycles. The summed E-state index contributed by atoms with van der Waals surface area (Å²) in [5.74, 6) is 1.35. The van der Waals surface area contributed by atoms with Crippen LogP contribution in [0.2, 0.25) is 0 Å². The van der Waals surface area contributed by atoms with Gasteiger partial charge in [-0.05, 0) is 56.1 Å². The number of halogens is 1. The van der Waals surface area contributed by atoms with Crippen LogP contribution in [0.4, 0.5) is 39.2 Å². The third-order valence-electron chi connectivity index (χ3n) is 7.87. The molecule has 0 atom stereocenters. The molecule has 2 N–H and O–H groups in total. The van der Waals surface area contributed by atoms with Gasteiger partial charge in [0.25, 0.3) is 5.91 Å². The van der Waals surface area contributed by atoms with Crippen molar-refractivity contribution in [3.63, 3.8) is 0 Å². The first-order valence-corrected chi connectivity index (χ1v) is 14.1. The van der Waals surface area contributed by atoms with Gasteiger partial charge in [0.1, 0.15) is 5.82 Å². The number of hydrogen-bond donors (Lipinski definition) is 2. The number of carbonyl (C=O) groups is 1. The van der Waals surface area contributed by atoms with Gasteiger partial charge in [-0.15, -0.1) is 0 Å². The lowest BCUT2D eigenvalue weighted by Gasteiger charge is -2.34. The Labute approximate surface area is 233 Å². The van der Waals surface area contributed by atoms with Gasteiger partial charge in [-0.1, -0.05) is 25.3 Å². The summed E-state index contributed by atoms with van der Waals surface area (Å²) in [5, 5.41) is 6.17. The lowest BCUT2D eigenvalue weighted by Crippen LogP contribution is -2.44. The summed E-state index contributed by atoms with van der Waals surface area (Å²) in [4.78, 5) is 32.3. The fraction of sp³-hybridized carbons (Fsp3) is 0.448. The molecule has 210 valence electrons. The van der Waals surface area contributed by atoms with E-state index in [1.165, 1.54) is 19.3 Å². The molecule has 2 aliphatic heterocycles. The Hall–Kier alpha value is -3.99. The van der Waals surface area contributed by atoms with E-state index in [0.717, 1.165) is 56.6 Å². The van der Waals surface area contributed by atoms with Crippen molar-refractivity contribution in [1.29, 1.82) is 0 Å². The van der Waals surface area contributed by atoms with Gasteiger partial charge >= 0.3 is 0 Å². The zero-order chi connectivity index (χ0) is 27.5. The zero-order valence-electron chi connectivity index (χ0n) is 22.8. The first kappa shape index (κ1) is 26.2. The molecule has 2 fully saturated rings. The number of amides is 1. The van der Waals surface area contributed by atoms with E-state index >= 15 is 0 Å². The molecule has 2 aromatic heterocycles. The molecule has 1 aliphatic carbocycles. The van der Waals surface area contributed by atoms with Crippen LogP contribution in [0.5, 0.6) is 5.75 Å². The maximum Gasteiger partial charge on any atom is 0.266 e. The maximum atomic E-state index is 14.8. The van der Waals surface area contributed by atoms with Crippen LogP contribution < -0.4 is 25.2 Å². The van der Waals surface area contributed by atoms with Gasteiger partial charge in [0.15, 0.2) is 29.8 Å². The summed E-state index contributed by atoms with van der Waals surface area (Å²) in [6.45, 7) is 4.58. The number of likely N-dealkylation sites (N-methyl/N-ethyl adjacent to an activating group) is 1. The maximum absolute atomic E-state index is 14.8. The van der Waals surface area contributed by atoms with E-state index in [1.54, 1.807) is 17.0 Å². The second-order valence-electron chi connectivity index (χ2n) is 10.8. The molecule has 10 nitrogen and oxygen atoms in total. The van der Waals surface area contributed by atoms with Crippen molar-refractivity contribution in [2.75, 3.05) is 66.8 Å². The van der Waals surface area contributed by atoms with Gasteiger partial charge in [0.2, 0.25) is 5.95 Å². The van der Waals surface area contributed by atoms with E-state index in [0.29, 0.717) is 29.8 Å². The molecule has 3 aromatic rings. The van der Waals surface area contributed by atoms with Crippen LogP contribution >= 0.6 is 0 Å². The number of anilines is 6. The first-order valence-electron chi connectivity index (χ1n) is 14.1. The van der Waals surface area contributed by atoms with E-state index in [4.69, 9.17) is 4.74 Å². The quantitative estimate of drug-likeness (QED) is 0.442. The van der Waals surface area contributed by atoms with Crippen LogP contribution in [0.15, 0.2) is 42.6 Å². The molecule has 1 saturated heterocycles. The molecule has 0 spiro atoms. The van der Waals surface area contributed by atoms with Crippen molar-refractivity contribution in [2.24, 2.45) is 5.92 Å². The highest BCUT2D eigenvalue weighted by Crippen LogP contribution is 2.35. The minimum absolute atomic E-state index is 0.000246. The van der Waals surface area contributed by atoms with Crippen molar-refractivity contribution < 1.29 is 13.9 Å². The number of piperazine rings is 1. The van der Waals surface area contributed by atoms with Crippen LogP contribution in [0.1, 0.15) is 32.1 Å². The van der Waals surface area contributed by atoms with Crippen LogP contribution in [-0.2, 0) is 4.79 Å². The summed E-state index contributed by atoms with van der Waals surface area (Å²) in [5.41, 5.74) is 1.93. The second kappa shape index (κ2) is 11.6. The second-order valence-corrected chi connectivity index (χ2v) is 10.8. The molecule has 11 heteroatoms. The molecule has 1 saturated carbocycles. The minimum atomic E-state index is -0.609. The molecular formula is C29H35FN8O2. The number of fused-ring (bicyclic) bond motifs is 1. The Balaban J connectivity index is 1.18. The number of hydrogen-bond acceptors (Lipinski definition) is 9. The Kier molecular flexibility index (Phi) is 7.63. The third-order valence-corrected chi connectivity index (χ3v) is 7.87. The third kappa shape index (κ3) is 5.94. The summed E-state index contributed by atoms with van der Waals surface area (Å²) < 4.78 is 20.4. The van der Waals surface area contributed by atoms with Gasteiger partial charge in [-0.2, -0.15) is 4.98 Å². The smallest absolute Gasteiger partial charge is 0.266 e. The molecule has 1 aromatic carbocycles. The van der Waals surface area contributed by atoms with Gasteiger partial charge in [0.05, 0.1) is 6.20 Å². The van der Waals surface area contributed by atoms with Crippen LogP contribution in [0, 0.1) is 11.7 Å². The van der Waals surface area contributed by atoms with Crippen molar-refractivity contribution in [2.45, 2.75) is 32.1 Å². The Morgan fingerprint density at radius 3 is 2.67 bits per heavy atom. The lowest BCUT2D eigenvalue weighted by atomic mass is 9.89. The van der Waals surface area contributed by atoms with Crippen molar-refractivity contribution >= 4 is 40.7 Å². The number of rotatable bonds is 7. The fourth-order valence-electron chi connectivity index (χ4n) is 5.57. The van der Waals surface area contributed by atoms with Crippen molar-refractivity contribution in [3.05, 3.63) is 48.4 Å². The lowest BCUT2D eigenvalue weighted by molar-refractivity contribution is -0.121. The predicted molar refractivity (Wildman–Crippen MR) is 153 cm³/mol. The molecule has 3 aliphatic rings. The number of pyridine rings is 1. The van der Waals surface area contributed by atoms with E-state index in [2.05, 4.69) is 48.5 Å². The monoisotopic (exact) mass is 546 g/mol. The Bertz CT molecular complexity index is 1360. The predicted octanol–water partition coefficient (Wildman–Crippen LogP) is 4.56. The van der Waals surface area contributed by atoms with E-state index in [1.807, 2.05) is 18.2 Å². The molecule has 40 heavy (non-hydrogen) atoms. The Morgan fingerprint density at radius 1 is 1.02 bits per heavy atom. The number of carbonyl (C=O) groups excluding carboxylic acids is 1. The van der Waals surface area contributed by atoms with E-state index < -0.39 is 5.82 Å². The fourth-order valence-corrected chi connectivity index (χ4v) is 5.57. The van der Waals surface area contributed by atoms with Gasteiger partial charge in [-0.25, -0.2) is 14.4 Å². The number of benzene rings is 1. The SMILES string of the molecule is CN1CCN(c2cccc(Nc3ncc(F)c(Nc4ccc5c(n4)N(CC4CCCCC4)C(=O)CO5)n3)c2)CC1. The first-order chi connectivity index (χ1) is 19.5. The topological polar surface area (TPSA) is 98.8 Å². The number of nitrogens with zero attached hydrogens (tertiary/aromatic N) is 6. The van der Waals surface area contributed by atoms with E-state index in [9.17, 15) is 9.18 Å². The molecule has 0 radical (unpaired) electrons. The van der Waals surface area contributed by atoms with Crippen LogP contribution in [-0.4, -0.2) is 72.1 Å². The van der Waals surface area contributed by atoms with Gasteiger partial charge in [-0.3, -0.25) is 9.69 Å². The van der Waals surface area contributed by atoms with E-state index in [-0.39, 0.29) is 24.3 Å². The summed E-state index contributed by atoms with van der Waals surface area (Å²) >= 11 is 0. The minimum Gasteiger partial charge on any atom is -0.480 e. The van der Waals surface area contributed by atoms with Crippen molar-refractivity contribution in [1.82, 2.24) is 19.9 Å². The largest absolute Gasteiger partial charge is 0.480 e. The molecule has 0 unspecified atom stereocenters. The molecular weight excluding hydrogens is 511 g/mol. The van der Waals surface area contributed by atoms with Crippen LogP contribution in [0.3, 0.4) is 0 Å². The average molecular weight is 547 g/mol. The highest BCUT2D eigenvalue weighted by Gasteiger charge is 2.30. The number of nitrogens with one attached hydrogen (secondary N) is 2. The molecule has 1 amide bonds. The number of ether oxygens (including phenoxy) is 1. The summed E-state index contributed by atoms with van der Waals surface area (Å²) in [7, 11) is 2.13. The molecule has 0 bridgehead atoms. The van der Waals surface area contributed by atoms with Crippen LogP contribution in [0.25, 0.3) is 0 Å². The zero-order valence-corrected chi connectivity index (χ0v) is 22.8. The highest BCUT2D eigenvalue weighted by molar-refractivity contribution is 5.97. The Morgan fingerprint density at radius 2 is 1.85 bits per heavy atom. The number of aromatic nitrogens is 3. The normalized spacial score (nSPS) is 18.3. The van der Waals surface area contributed by atoms with Gasteiger partial charge < -0.3 is 25.2 Å². The summed E-state index contributed by atoms with van der Waals surface area (Å²) in [6, 6.07) is 11.5. The summed E-state index contributed by atoms with van der Waals surface area (Å²) in [6.07, 6.45) is 6.97. The van der Waals surface area contributed by atoms with Crippen molar-refractivity contribution in [3.8, 4) is 5.75 Å².